The molecule has 1 aromatic heterocycles. The Morgan fingerprint density at radius 2 is 1.88 bits per heavy atom. The summed E-state index contributed by atoms with van der Waals surface area (Å²) in [5.41, 5.74) is 0.412. The van der Waals surface area contributed by atoms with Crippen LogP contribution in [0.25, 0.3) is 0 Å². The summed E-state index contributed by atoms with van der Waals surface area (Å²) < 4.78 is 5.43. The maximum absolute atomic E-state index is 12.8. The fourth-order valence-corrected chi connectivity index (χ4v) is 2.29. The SMILES string of the molecule is Cc1cccc(N(C(=O)OC(C)(C)C)c2nc(Cl)ccc2C(=O)O)c1. The number of rotatable bonds is 3. The number of anilines is 2. The Bertz CT molecular complexity index is 815. The van der Waals surface area contributed by atoms with Crippen molar-refractivity contribution < 1.29 is 19.4 Å². The van der Waals surface area contributed by atoms with Crippen LogP contribution in [0.3, 0.4) is 0 Å². The molecular weight excluding hydrogens is 344 g/mol. The smallest absolute Gasteiger partial charge is 0.420 e. The first kappa shape index (κ1) is 18.7. The van der Waals surface area contributed by atoms with Crippen LogP contribution in [-0.2, 0) is 4.74 Å². The van der Waals surface area contributed by atoms with Gasteiger partial charge in [0.1, 0.15) is 16.3 Å². The van der Waals surface area contributed by atoms with Gasteiger partial charge >= 0.3 is 12.1 Å². The molecule has 0 radical (unpaired) electrons. The predicted molar refractivity (Wildman–Crippen MR) is 95.8 cm³/mol. The summed E-state index contributed by atoms with van der Waals surface area (Å²) >= 11 is 5.94. The van der Waals surface area contributed by atoms with Crippen LogP contribution >= 0.6 is 11.6 Å². The van der Waals surface area contributed by atoms with E-state index in [1.54, 1.807) is 39.0 Å². The zero-order valence-corrected chi connectivity index (χ0v) is 15.2. The van der Waals surface area contributed by atoms with Gasteiger partial charge < -0.3 is 9.84 Å². The van der Waals surface area contributed by atoms with Crippen molar-refractivity contribution in [1.29, 1.82) is 0 Å². The quantitative estimate of drug-likeness (QED) is 0.792. The molecule has 0 unspecified atom stereocenters. The predicted octanol–water partition coefficient (Wildman–Crippen LogP) is 4.81. The average molecular weight is 363 g/mol. The molecule has 0 aliphatic rings. The molecule has 1 heterocycles. The zero-order chi connectivity index (χ0) is 18.8. The van der Waals surface area contributed by atoms with Crippen molar-refractivity contribution in [2.45, 2.75) is 33.3 Å². The number of amides is 1. The number of halogens is 1. The molecule has 0 atom stereocenters. The molecule has 6 nitrogen and oxygen atoms in total. The monoisotopic (exact) mass is 362 g/mol. The van der Waals surface area contributed by atoms with Gasteiger partial charge in [-0.05, 0) is 57.5 Å². The van der Waals surface area contributed by atoms with Crippen LogP contribution in [0.1, 0.15) is 36.7 Å². The summed E-state index contributed by atoms with van der Waals surface area (Å²) in [5, 5.41) is 9.53. The number of aromatic nitrogens is 1. The average Bonchev–Trinajstić information content (AvgIpc) is 2.45. The number of hydrogen-bond donors (Lipinski definition) is 1. The number of carboxylic acids is 1. The largest absolute Gasteiger partial charge is 0.478 e. The minimum Gasteiger partial charge on any atom is -0.478 e. The van der Waals surface area contributed by atoms with E-state index in [-0.39, 0.29) is 16.5 Å². The number of pyridine rings is 1. The molecule has 7 heteroatoms. The van der Waals surface area contributed by atoms with E-state index in [0.717, 1.165) is 10.5 Å². The van der Waals surface area contributed by atoms with Crippen molar-refractivity contribution in [2.75, 3.05) is 4.90 Å². The highest BCUT2D eigenvalue weighted by Crippen LogP contribution is 2.31. The second-order valence-electron chi connectivity index (χ2n) is 6.47. The minimum atomic E-state index is -1.22. The van der Waals surface area contributed by atoms with Gasteiger partial charge in [-0.3, -0.25) is 0 Å². The summed E-state index contributed by atoms with van der Waals surface area (Å²) in [5.74, 6) is -1.32. The highest BCUT2D eigenvalue weighted by Gasteiger charge is 2.29. The number of aromatic carboxylic acids is 1. The van der Waals surface area contributed by atoms with Crippen LogP contribution < -0.4 is 4.90 Å². The van der Waals surface area contributed by atoms with Crippen molar-refractivity contribution in [3.05, 3.63) is 52.7 Å². The summed E-state index contributed by atoms with van der Waals surface area (Å²) in [6.07, 6.45) is -0.740. The van der Waals surface area contributed by atoms with E-state index in [0.29, 0.717) is 5.69 Å². The van der Waals surface area contributed by atoms with Gasteiger partial charge in [0, 0.05) is 0 Å². The van der Waals surface area contributed by atoms with E-state index in [1.165, 1.54) is 12.1 Å². The fourth-order valence-electron chi connectivity index (χ4n) is 2.15. The molecule has 0 aliphatic carbocycles. The summed E-state index contributed by atoms with van der Waals surface area (Å²) in [6, 6.07) is 9.69. The lowest BCUT2D eigenvalue weighted by molar-refractivity contribution is 0.0598. The third-order valence-electron chi connectivity index (χ3n) is 3.12. The number of carbonyl (C=O) groups excluding carboxylic acids is 1. The highest BCUT2D eigenvalue weighted by molar-refractivity contribution is 6.29. The molecule has 132 valence electrons. The number of ether oxygens (including phenoxy) is 1. The Morgan fingerprint density at radius 1 is 1.20 bits per heavy atom. The Morgan fingerprint density at radius 3 is 2.44 bits per heavy atom. The van der Waals surface area contributed by atoms with Crippen LogP contribution in [0.15, 0.2) is 36.4 Å². The van der Waals surface area contributed by atoms with Gasteiger partial charge in [0.15, 0.2) is 5.82 Å². The first-order valence-corrected chi connectivity index (χ1v) is 7.96. The first-order chi connectivity index (χ1) is 11.6. The van der Waals surface area contributed by atoms with Crippen LogP contribution in [0.4, 0.5) is 16.3 Å². The number of hydrogen-bond acceptors (Lipinski definition) is 4. The molecule has 1 amide bonds. The Labute approximate surface area is 151 Å². The second-order valence-corrected chi connectivity index (χ2v) is 6.85. The number of nitrogens with zero attached hydrogens (tertiary/aromatic N) is 2. The van der Waals surface area contributed by atoms with Gasteiger partial charge in [0.2, 0.25) is 0 Å². The second kappa shape index (κ2) is 7.11. The Hall–Kier alpha value is -2.60. The van der Waals surface area contributed by atoms with E-state index in [9.17, 15) is 14.7 Å². The van der Waals surface area contributed by atoms with Crippen LogP contribution in [0.2, 0.25) is 5.15 Å². The Balaban J connectivity index is 2.66. The molecule has 25 heavy (non-hydrogen) atoms. The van der Waals surface area contributed by atoms with E-state index >= 15 is 0 Å². The number of carboxylic acid groups (broad SMARTS) is 1. The lowest BCUT2D eigenvalue weighted by Crippen LogP contribution is -2.35. The van der Waals surface area contributed by atoms with Gasteiger partial charge in [-0.1, -0.05) is 23.7 Å². The molecule has 0 aliphatic heterocycles. The fraction of sp³-hybridized carbons (Fsp3) is 0.278. The summed E-state index contributed by atoms with van der Waals surface area (Å²) in [7, 11) is 0. The number of benzene rings is 1. The standard InChI is InChI=1S/C18H19ClN2O4/c1-11-6-5-7-12(10-11)21(17(24)25-18(2,3)4)15-13(16(22)23)8-9-14(19)20-15/h5-10H,1-4H3,(H,22,23). The van der Waals surface area contributed by atoms with Gasteiger partial charge in [-0.2, -0.15) is 0 Å². The van der Waals surface area contributed by atoms with E-state index < -0.39 is 17.7 Å². The molecule has 2 rings (SSSR count). The van der Waals surface area contributed by atoms with Crippen molar-refractivity contribution in [2.24, 2.45) is 0 Å². The number of aryl methyl sites for hydroxylation is 1. The van der Waals surface area contributed by atoms with E-state index in [2.05, 4.69) is 4.98 Å². The van der Waals surface area contributed by atoms with Crippen LogP contribution in [-0.4, -0.2) is 27.8 Å². The van der Waals surface area contributed by atoms with Gasteiger partial charge in [0.25, 0.3) is 0 Å². The van der Waals surface area contributed by atoms with Gasteiger partial charge in [-0.25, -0.2) is 19.5 Å². The van der Waals surface area contributed by atoms with Crippen LogP contribution in [0, 0.1) is 6.92 Å². The van der Waals surface area contributed by atoms with E-state index in [1.807, 2.05) is 13.0 Å². The lowest BCUT2D eigenvalue weighted by atomic mass is 10.1. The molecule has 0 saturated carbocycles. The first-order valence-electron chi connectivity index (χ1n) is 7.58. The van der Waals surface area contributed by atoms with Crippen molar-refractivity contribution in [1.82, 2.24) is 4.98 Å². The van der Waals surface area contributed by atoms with E-state index in [4.69, 9.17) is 16.3 Å². The zero-order valence-electron chi connectivity index (χ0n) is 14.4. The topological polar surface area (TPSA) is 79.7 Å². The van der Waals surface area contributed by atoms with Crippen molar-refractivity contribution in [3.8, 4) is 0 Å². The van der Waals surface area contributed by atoms with Crippen molar-refractivity contribution >= 4 is 35.2 Å². The van der Waals surface area contributed by atoms with Crippen LogP contribution in [0.5, 0.6) is 0 Å². The highest BCUT2D eigenvalue weighted by atomic mass is 35.5. The Kier molecular flexibility index (Phi) is 5.33. The molecule has 0 fully saturated rings. The summed E-state index contributed by atoms with van der Waals surface area (Å²) in [6.45, 7) is 7.04. The molecule has 1 N–H and O–H groups in total. The third-order valence-corrected chi connectivity index (χ3v) is 3.33. The number of carbonyl (C=O) groups is 2. The summed E-state index contributed by atoms with van der Waals surface area (Å²) in [4.78, 5) is 29.5. The maximum Gasteiger partial charge on any atom is 0.420 e. The minimum absolute atomic E-state index is 0.0706. The molecule has 0 saturated heterocycles. The molecule has 0 spiro atoms. The molecule has 0 bridgehead atoms. The van der Waals surface area contributed by atoms with Gasteiger partial charge in [0.05, 0.1) is 5.69 Å². The molecular formula is C18H19ClN2O4. The van der Waals surface area contributed by atoms with Gasteiger partial charge in [-0.15, -0.1) is 0 Å². The third kappa shape index (κ3) is 4.70. The van der Waals surface area contributed by atoms with Crippen molar-refractivity contribution in [3.63, 3.8) is 0 Å². The maximum atomic E-state index is 12.8. The normalized spacial score (nSPS) is 11.1. The lowest BCUT2D eigenvalue weighted by Gasteiger charge is -2.27. The molecule has 2 aromatic rings. The molecule has 1 aromatic carbocycles.